The van der Waals surface area contributed by atoms with E-state index in [4.69, 9.17) is 9.76 Å². The average Bonchev–Trinajstić information content (AvgIpc) is 2.58. The third-order valence-electron chi connectivity index (χ3n) is 4.65. The van der Waals surface area contributed by atoms with Crippen LogP contribution in [0.5, 0.6) is 0 Å². The fraction of sp³-hybridized carbons (Fsp3) is 0.533. The lowest BCUT2D eigenvalue weighted by molar-refractivity contribution is -0.166. The van der Waals surface area contributed by atoms with Gasteiger partial charge in [-0.25, -0.2) is 4.79 Å². The Labute approximate surface area is 123 Å². The van der Waals surface area contributed by atoms with Crippen molar-refractivity contribution in [2.24, 2.45) is 5.41 Å². The van der Waals surface area contributed by atoms with Crippen LogP contribution in [0.1, 0.15) is 33.3 Å². The van der Waals surface area contributed by atoms with E-state index in [-0.39, 0.29) is 17.9 Å². The zero-order chi connectivity index (χ0) is 16.1. The molecule has 114 valence electrons. The van der Waals surface area contributed by atoms with Gasteiger partial charge in [-0.2, -0.15) is 8.78 Å². The van der Waals surface area contributed by atoms with Crippen LogP contribution in [0.4, 0.5) is 8.78 Å². The SMILES string of the molecule is CC1(C)CB(c2cccc(C(F)(F)C(=O)O)c2)OC1(C)C. The Balaban J connectivity index is 2.34. The van der Waals surface area contributed by atoms with Gasteiger partial charge in [0.2, 0.25) is 0 Å². The molecule has 0 radical (unpaired) electrons. The normalized spacial score (nSPS) is 20.6. The van der Waals surface area contributed by atoms with Gasteiger partial charge >= 0.3 is 18.8 Å². The Morgan fingerprint density at radius 1 is 1.33 bits per heavy atom. The van der Waals surface area contributed by atoms with Crippen LogP contribution in [0.25, 0.3) is 0 Å². The number of rotatable bonds is 3. The van der Waals surface area contributed by atoms with E-state index in [1.54, 1.807) is 6.07 Å². The summed E-state index contributed by atoms with van der Waals surface area (Å²) in [6.45, 7) is 7.79. The zero-order valence-electron chi connectivity index (χ0n) is 12.6. The van der Waals surface area contributed by atoms with E-state index in [1.807, 2.05) is 13.8 Å². The summed E-state index contributed by atoms with van der Waals surface area (Å²) in [5.41, 5.74) is -0.392. The van der Waals surface area contributed by atoms with Crippen molar-refractivity contribution in [1.82, 2.24) is 0 Å². The van der Waals surface area contributed by atoms with Gasteiger partial charge in [-0.15, -0.1) is 0 Å². The van der Waals surface area contributed by atoms with E-state index in [1.165, 1.54) is 12.1 Å². The maximum Gasteiger partial charge on any atom is 0.379 e. The summed E-state index contributed by atoms with van der Waals surface area (Å²) in [5.74, 6) is -6.03. The monoisotopic (exact) mass is 296 g/mol. The minimum atomic E-state index is -3.89. The smallest absolute Gasteiger partial charge is 0.379 e. The maximum atomic E-state index is 13.6. The summed E-state index contributed by atoms with van der Waals surface area (Å²) in [4.78, 5) is 10.7. The lowest BCUT2D eigenvalue weighted by Crippen LogP contribution is -2.36. The molecule has 0 atom stereocenters. The van der Waals surface area contributed by atoms with Gasteiger partial charge in [0.15, 0.2) is 0 Å². The fourth-order valence-electron chi connectivity index (χ4n) is 2.51. The molecule has 0 aliphatic carbocycles. The van der Waals surface area contributed by atoms with Gasteiger partial charge in [-0.05, 0) is 31.0 Å². The van der Waals surface area contributed by atoms with Crippen molar-refractivity contribution in [2.75, 3.05) is 0 Å². The third-order valence-corrected chi connectivity index (χ3v) is 4.65. The molecule has 1 fully saturated rings. The third kappa shape index (κ3) is 2.69. The Bertz CT molecular complexity index is 554. The molecule has 2 rings (SSSR count). The van der Waals surface area contributed by atoms with Crippen molar-refractivity contribution in [3.63, 3.8) is 0 Å². The molecule has 21 heavy (non-hydrogen) atoms. The summed E-state index contributed by atoms with van der Waals surface area (Å²) >= 11 is 0. The predicted octanol–water partition coefficient (Wildman–Crippen LogP) is 2.90. The second-order valence-electron chi connectivity index (χ2n) is 6.71. The van der Waals surface area contributed by atoms with Crippen LogP contribution in [0.3, 0.4) is 0 Å². The van der Waals surface area contributed by atoms with Crippen LogP contribution in [0.2, 0.25) is 6.32 Å². The molecule has 1 aromatic carbocycles. The van der Waals surface area contributed by atoms with E-state index in [0.717, 1.165) is 6.07 Å². The van der Waals surface area contributed by atoms with Crippen molar-refractivity contribution in [3.05, 3.63) is 29.8 Å². The predicted molar refractivity (Wildman–Crippen MR) is 77.1 cm³/mol. The maximum absolute atomic E-state index is 13.6. The number of carboxylic acid groups (broad SMARTS) is 1. The number of carbonyl (C=O) groups is 1. The summed E-state index contributed by atoms with van der Waals surface area (Å²) in [6, 6.07) is 5.51. The quantitative estimate of drug-likeness (QED) is 0.872. The first-order chi connectivity index (χ1) is 9.47. The summed E-state index contributed by atoms with van der Waals surface area (Å²) < 4.78 is 33.2. The van der Waals surface area contributed by atoms with Crippen molar-refractivity contribution >= 4 is 18.3 Å². The number of carboxylic acids is 1. The van der Waals surface area contributed by atoms with E-state index < -0.39 is 17.5 Å². The summed E-state index contributed by atoms with van der Waals surface area (Å²) in [6.07, 6.45) is 0.697. The average molecular weight is 296 g/mol. The first kappa shape index (κ1) is 16.0. The largest absolute Gasteiger partial charge is 0.477 e. The van der Waals surface area contributed by atoms with Crippen LogP contribution < -0.4 is 5.46 Å². The fourth-order valence-corrected chi connectivity index (χ4v) is 2.51. The number of alkyl halides is 2. The minimum Gasteiger partial charge on any atom is -0.477 e. The number of hydrogen-bond donors (Lipinski definition) is 1. The van der Waals surface area contributed by atoms with Gasteiger partial charge < -0.3 is 9.76 Å². The highest BCUT2D eigenvalue weighted by Gasteiger charge is 2.50. The molecular formula is C15H19BF2O3. The number of hydrogen-bond acceptors (Lipinski definition) is 2. The molecule has 1 N–H and O–H groups in total. The molecule has 1 saturated heterocycles. The van der Waals surface area contributed by atoms with Crippen LogP contribution >= 0.6 is 0 Å². The molecule has 1 heterocycles. The number of aliphatic carboxylic acids is 1. The van der Waals surface area contributed by atoms with E-state index >= 15 is 0 Å². The lowest BCUT2D eigenvalue weighted by Gasteiger charge is -2.34. The molecular weight excluding hydrogens is 277 g/mol. The van der Waals surface area contributed by atoms with Crippen molar-refractivity contribution in [1.29, 1.82) is 0 Å². The summed E-state index contributed by atoms with van der Waals surface area (Å²) in [7, 11) is 0. The Morgan fingerprint density at radius 3 is 2.43 bits per heavy atom. The molecule has 0 amide bonds. The zero-order valence-corrected chi connectivity index (χ0v) is 12.6. The molecule has 0 spiro atoms. The van der Waals surface area contributed by atoms with Crippen molar-refractivity contribution in [3.8, 4) is 0 Å². The molecule has 1 aromatic rings. The molecule has 3 nitrogen and oxygen atoms in total. The number of halogens is 2. The van der Waals surface area contributed by atoms with Gasteiger partial charge in [0, 0.05) is 5.56 Å². The van der Waals surface area contributed by atoms with Gasteiger partial charge in [0.1, 0.15) is 0 Å². The molecule has 6 heteroatoms. The molecule has 1 aliphatic rings. The van der Waals surface area contributed by atoms with Gasteiger partial charge in [0.25, 0.3) is 0 Å². The van der Waals surface area contributed by atoms with Gasteiger partial charge in [-0.3, -0.25) is 0 Å². The second-order valence-corrected chi connectivity index (χ2v) is 6.71. The standard InChI is InChI=1S/C15H19BF2O3/c1-13(2)9-16(21-14(13,3)4)11-7-5-6-10(8-11)15(17,18)12(19)20/h5-8H,9H2,1-4H3,(H,19,20). The number of benzene rings is 1. The Morgan fingerprint density at radius 2 is 1.95 bits per heavy atom. The van der Waals surface area contributed by atoms with Gasteiger partial charge in [0.05, 0.1) is 5.60 Å². The Kier molecular flexibility index (Phi) is 3.65. The van der Waals surface area contributed by atoms with Crippen LogP contribution in [0.15, 0.2) is 24.3 Å². The van der Waals surface area contributed by atoms with Crippen LogP contribution in [-0.4, -0.2) is 23.6 Å². The van der Waals surface area contributed by atoms with Crippen LogP contribution in [-0.2, 0) is 15.4 Å². The van der Waals surface area contributed by atoms with E-state index in [9.17, 15) is 13.6 Å². The highest BCUT2D eigenvalue weighted by molar-refractivity contribution is 6.68. The first-order valence-corrected chi connectivity index (χ1v) is 6.87. The minimum absolute atomic E-state index is 0.0943. The van der Waals surface area contributed by atoms with Gasteiger partial charge in [-0.1, -0.05) is 38.1 Å². The topological polar surface area (TPSA) is 46.5 Å². The first-order valence-electron chi connectivity index (χ1n) is 6.87. The molecule has 0 aromatic heterocycles. The highest BCUT2D eigenvalue weighted by Crippen LogP contribution is 2.45. The van der Waals surface area contributed by atoms with Crippen LogP contribution in [0, 0.1) is 5.41 Å². The molecule has 0 unspecified atom stereocenters. The van der Waals surface area contributed by atoms with E-state index in [0.29, 0.717) is 11.8 Å². The second kappa shape index (κ2) is 4.80. The van der Waals surface area contributed by atoms with Crippen molar-refractivity contribution < 1.29 is 23.3 Å². The summed E-state index contributed by atoms with van der Waals surface area (Å²) in [5, 5.41) is 8.64. The van der Waals surface area contributed by atoms with E-state index in [2.05, 4.69) is 13.8 Å². The lowest BCUT2D eigenvalue weighted by atomic mass is 9.54. The van der Waals surface area contributed by atoms with Crippen molar-refractivity contribution in [2.45, 2.75) is 45.5 Å². The molecule has 0 saturated carbocycles. The Hall–Kier alpha value is -1.43. The molecule has 0 bridgehead atoms. The highest BCUT2D eigenvalue weighted by atomic mass is 19.3. The molecule has 1 aliphatic heterocycles.